The van der Waals surface area contributed by atoms with E-state index < -0.39 is 0 Å². The van der Waals surface area contributed by atoms with Crippen LogP contribution < -0.4 is 11.0 Å². The lowest BCUT2D eigenvalue weighted by Crippen LogP contribution is -2.32. The highest BCUT2D eigenvalue weighted by Gasteiger charge is 2.23. The van der Waals surface area contributed by atoms with Crippen LogP contribution in [0.5, 0.6) is 0 Å². The van der Waals surface area contributed by atoms with Crippen molar-refractivity contribution in [2.24, 2.45) is 0 Å². The van der Waals surface area contributed by atoms with Crippen LogP contribution in [0.3, 0.4) is 0 Å². The second-order valence-electron chi connectivity index (χ2n) is 7.06. The van der Waals surface area contributed by atoms with Crippen LogP contribution in [0.25, 0.3) is 0 Å². The van der Waals surface area contributed by atoms with Crippen molar-refractivity contribution in [3.8, 4) is 0 Å². The standard InChI is InChI=1S/C19H24N4O3S/c24-17(20-16-9-3-6-13-5-1-2-8-15(13)16)12-27-19-22-21-18(25)23(19)11-14-7-4-10-26-14/h1-2,5,8,14,16H,3-4,6-7,9-12H2,(H,20,24)(H,21,25). The second-order valence-corrected chi connectivity index (χ2v) is 8.00. The Bertz CT molecular complexity index is 857. The Kier molecular flexibility index (Phi) is 5.63. The zero-order valence-electron chi connectivity index (χ0n) is 15.1. The monoisotopic (exact) mass is 388 g/mol. The molecule has 0 spiro atoms. The number of thioether (sulfide) groups is 1. The third kappa shape index (κ3) is 4.27. The molecule has 2 unspecified atom stereocenters. The van der Waals surface area contributed by atoms with Crippen molar-refractivity contribution in [3.63, 3.8) is 0 Å². The molecule has 1 aliphatic heterocycles. The average molecular weight is 388 g/mol. The normalized spacial score (nSPS) is 21.8. The summed E-state index contributed by atoms with van der Waals surface area (Å²) < 4.78 is 7.18. The summed E-state index contributed by atoms with van der Waals surface area (Å²) >= 11 is 1.28. The SMILES string of the molecule is O=C(CSc1n[nH]c(=O)n1CC1CCCO1)NC1CCCc2ccccc21. The van der Waals surface area contributed by atoms with Crippen molar-refractivity contribution >= 4 is 17.7 Å². The number of fused-ring (bicyclic) bond motifs is 1. The zero-order chi connectivity index (χ0) is 18.6. The Morgan fingerprint density at radius 2 is 2.22 bits per heavy atom. The molecule has 1 aliphatic carbocycles. The summed E-state index contributed by atoms with van der Waals surface area (Å²) in [5, 5.41) is 10.2. The number of rotatable bonds is 6. The van der Waals surface area contributed by atoms with Crippen LogP contribution in [0.4, 0.5) is 0 Å². The van der Waals surface area contributed by atoms with Crippen LogP contribution in [-0.4, -0.2) is 39.1 Å². The summed E-state index contributed by atoms with van der Waals surface area (Å²) in [4.78, 5) is 24.5. The number of ether oxygens (including phenoxy) is 1. The molecule has 1 aromatic carbocycles. The van der Waals surface area contributed by atoms with Crippen LogP contribution in [-0.2, 0) is 22.5 Å². The molecule has 7 nitrogen and oxygen atoms in total. The third-order valence-electron chi connectivity index (χ3n) is 5.17. The van der Waals surface area contributed by atoms with Crippen molar-refractivity contribution in [3.05, 3.63) is 45.9 Å². The van der Waals surface area contributed by atoms with Gasteiger partial charge in [-0.2, -0.15) is 0 Å². The zero-order valence-corrected chi connectivity index (χ0v) is 16.0. The van der Waals surface area contributed by atoms with E-state index in [9.17, 15) is 9.59 Å². The number of carbonyl (C=O) groups is 1. The van der Waals surface area contributed by atoms with E-state index in [1.54, 1.807) is 4.57 Å². The molecule has 2 heterocycles. The van der Waals surface area contributed by atoms with Crippen molar-refractivity contribution < 1.29 is 9.53 Å². The molecule has 2 atom stereocenters. The number of benzene rings is 1. The highest BCUT2D eigenvalue weighted by Crippen LogP contribution is 2.29. The molecular weight excluding hydrogens is 364 g/mol. The summed E-state index contributed by atoms with van der Waals surface area (Å²) in [6.07, 6.45) is 5.12. The van der Waals surface area contributed by atoms with Gasteiger partial charge in [0.15, 0.2) is 5.16 Å². The number of hydrogen-bond donors (Lipinski definition) is 2. The molecule has 1 saturated heterocycles. The van der Waals surface area contributed by atoms with Crippen LogP contribution >= 0.6 is 11.8 Å². The number of aromatic amines is 1. The molecule has 2 aromatic rings. The van der Waals surface area contributed by atoms with E-state index in [1.165, 1.54) is 22.9 Å². The molecule has 0 saturated carbocycles. The topological polar surface area (TPSA) is 89.0 Å². The minimum atomic E-state index is -0.255. The van der Waals surface area contributed by atoms with E-state index in [1.807, 2.05) is 12.1 Å². The summed E-state index contributed by atoms with van der Waals surface area (Å²) in [5.74, 6) is 0.190. The van der Waals surface area contributed by atoms with E-state index in [4.69, 9.17) is 4.74 Å². The number of hydrogen-bond acceptors (Lipinski definition) is 5. The smallest absolute Gasteiger partial charge is 0.344 e. The molecule has 2 N–H and O–H groups in total. The summed E-state index contributed by atoms with van der Waals surface area (Å²) in [6, 6.07) is 8.36. The molecule has 1 fully saturated rings. The van der Waals surface area contributed by atoms with E-state index in [0.29, 0.717) is 11.7 Å². The molecule has 4 rings (SSSR count). The fraction of sp³-hybridized carbons (Fsp3) is 0.526. The molecular formula is C19H24N4O3S. The fourth-order valence-corrected chi connectivity index (χ4v) is 4.60. The highest BCUT2D eigenvalue weighted by molar-refractivity contribution is 7.99. The second kappa shape index (κ2) is 8.31. The van der Waals surface area contributed by atoms with Gasteiger partial charge in [-0.1, -0.05) is 36.0 Å². The van der Waals surface area contributed by atoms with E-state index in [0.717, 1.165) is 38.7 Å². The molecule has 144 valence electrons. The maximum atomic E-state index is 12.5. The quantitative estimate of drug-likeness (QED) is 0.739. The van der Waals surface area contributed by atoms with Crippen molar-refractivity contribution in [2.45, 2.75) is 56.0 Å². The lowest BCUT2D eigenvalue weighted by atomic mass is 9.88. The molecule has 0 bridgehead atoms. The Morgan fingerprint density at radius 3 is 3.07 bits per heavy atom. The minimum absolute atomic E-state index is 0.0409. The number of nitrogens with zero attached hydrogens (tertiary/aromatic N) is 2. The first kappa shape index (κ1) is 18.3. The van der Waals surface area contributed by atoms with Gasteiger partial charge in [-0.25, -0.2) is 9.89 Å². The van der Waals surface area contributed by atoms with Crippen molar-refractivity contribution in [1.29, 1.82) is 0 Å². The van der Waals surface area contributed by atoms with Crippen molar-refractivity contribution in [1.82, 2.24) is 20.1 Å². The number of carbonyl (C=O) groups excluding carboxylic acids is 1. The lowest BCUT2D eigenvalue weighted by Gasteiger charge is -2.26. The third-order valence-corrected chi connectivity index (χ3v) is 6.15. The summed E-state index contributed by atoms with van der Waals surface area (Å²) in [7, 11) is 0. The first-order chi connectivity index (χ1) is 13.2. The predicted molar refractivity (Wildman–Crippen MR) is 103 cm³/mol. The first-order valence-electron chi connectivity index (χ1n) is 9.47. The van der Waals surface area contributed by atoms with Gasteiger partial charge in [0.2, 0.25) is 5.91 Å². The van der Waals surface area contributed by atoms with Gasteiger partial charge in [0.1, 0.15) is 0 Å². The van der Waals surface area contributed by atoms with Gasteiger partial charge in [0, 0.05) is 6.61 Å². The van der Waals surface area contributed by atoms with Gasteiger partial charge in [-0.05, 0) is 43.2 Å². The van der Waals surface area contributed by atoms with Crippen LogP contribution in [0.1, 0.15) is 42.9 Å². The maximum Gasteiger partial charge on any atom is 0.344 e. The van der Waals surface area contributed by atoms with Gasteiger partial charge in [-0.15, -0.1) is 5.10 Å². The minimum Gasteiger partial charge on any atom is -0.376 e. The fourth-order valence-electron chi connectivity index (χ4n) is 3.84. The molecule has 2 aliphatic rings. The average Bonchev–Trinajstić information content (AvgIpc) is 3.32. The van der Waals surface area contributed by atoms with E-state index in [2.05, 4.69) is 27.6 Å². The highest BCUT2D eigenvalue weighted by atomic mass is 32.2. The Hall–Kier alpha value is -2.06. The van der Waals surface area contributed by atoms with Crippen LogP contribution in [0, 0.1) is 0 Å². The molecule has 0 radical (unpaired) electrons. The van der Waals surface area contributed by atoms with Gasteiger partial charge in [0.05, 0.1) is 24.4 Å². The van der Waals surface area contributed by atoms with Gasteiger partial charge in [-0.3, -0.25) is 9.36 Å². The molecule has 27 heavy (non-hydrogen) atoms. The Balaban J connectivity index is 1.36. The number of aromatic nitrogens is 3. The number of aryl methyl sites for hydroxylation is 1. The molecule has 1 aromatic heterocycles. The summed E-state index contributed by atoms with van der Waals surface area (Å²) in [5.41, 5.74) is 2.28. The van der Waals surface area contributed by atoms with E-state index >= 15 is 0 Å². The van der Waals surface area contributed by atoms with Gasteiger partial charge >= 0.3 is 5.69 Å². The Morgan fingerprint density at radius 1 is 1.33 bits per heavy atom. The Labute approximate surface area is 161 Å². The molecule has 8 heteroatoms. The van der Waals surface area contributed by atoms with Gasteiger partial charge in [0.25, 0.3) is 0 Å². The number of amides is 1. The molecule has 1 amide bonds. The number of H-pyrrole nitrogens is 1. The summed E-state index contributed by atoms with van der Waals surface area (Å²) in [6.45, 7) is 1.22. The van der Waals surface area contributed by atoms with Gasteiger partial charge < -0.3 is 10.1 Å². The van der Waals surface area contributed by atoms with Crippen LogP contribution in [0.2, 0.25) is 0 Å². The largest absolute Gasteiger partial charge is 0.376 e. The first-order valence-corrected chi connectivity index (χ1v) is 10.5. The lowest BCUT2D eigenvalue weighted by molar-refractivity contribution is -0.119. The predicted octanol–water partition coefficient (Wildman–Crippen LogP) is 2.04. The number of nitrogens with one attached hydrogen (secondary N) is 2. The van der Waals surface area contributed by atoms with Crippen LogP contribution in [0.15, 0.2) is 34.2 Å². The van der Waals surface area contributed by atoms with Crippen molar-refractivity contribution in [2.75, 3.05) is 12.4 Å². The maximum absolute atomic E-state index is 12.5. The van der Waals surface area contributed by atoms with E-state index in [-0.39, 0.29) is 29.5 Å².